The number of thiazole rings is 1. The number of nitrogens with zero attached hydrogens (tertiary/aromatic N) is 1. The van der Waals surface area contributed by atoms with Gasteiger partial charge in [0.1, 0.15) is 16.6 Å². The van der Waals surface area contributed by atoms with Gasteiger partial charge in [-0.25, -0.2) is 9.37 Å². The number of benzene rings is 1. The second kappa shape index (κ2) is 7.00. The van der Waals surface area contributed by atoms with Crippen LogP contribution in [0, 0.1) is 5.82 Å². The molecule has 2 unspecified atom stereocenters. The van der Waals surface area contributed by atoms with E-state index in [0.29, 0.717) is 11.3 Å². The highest BCUT2D eigenvalue weighted by molar-refractivity contribution is 7.11. The van der Waals surface area contributed by atoms with E-state index in [0.717, 1.165) is 11.4 Å². The topological polar surface area (TPSA) is 34.2 Å². The first kappa shape index (κ1) is 15.9. The molecule has 0 saturated carbocycles. The Morgan fingerprint density at radius 3 is 2.67 bits per heavy atom. The Kier molecular flexibility index (Phi) is 5.31. The number of methoxy groups -OCH3 is 1. The van der Waals surface area contributed by atoms with E-state index in [1.165, 1.54) is 18.1 Å². The lowest BCUT2D eigenvalue weighted by atomic mass is 10.1. The van der Waals surface area contributed by atoms with E-state index in [1.54, 1.807) is 23.5 Å². The molecule has 2 atom stereocenters. The normalized spacial score (nSPS) is 14.0. The van der Waals surface area contributed by atoms with Crippen LogP contribution in [-0.4, -0.2) is 12.1 Å². The van der Waals surface area contributed by atoms with Crippen LogP contribution in [0.5, 0.6) is 5.75 Å². The maximum Gasteiger partial charge on any atom is 0.131 e. The van der Waals surface area contributed by atoms with Crippen LogP contribution in [0.15, 0.2) is 24.4 Å². The van der Waals surface area contributed by atoms with Crippen LogP contribution in [0.3, 0.4) is 0 Å². The fourth-order valence-electron chi connectivity index (χ4n) is 2.21. The molecule has 1 N–H and O–H groups in total. The predicted molar refractivity (Wildman–Crippen MR) is 84.4 cm³/mol. The molecule has 1 aromatic heterocycles. The molecule has 0 aliphatic rings. The van der Waals surface area contributed by atoms with E-state index in [-0.39, 0.29) is 17.9 Å². The summed E-state index contributed by atoms with van der Waals surface area (Å²) >= 11 is 1.70. The molecular weight excluding hydrogens is 287 g/mol. The second-order valence-electron chi connectivity index (χ2n) is 5.02. The number of hydrogen-bond donors (Lipinski definition) is 1. The lowest BCUT2D eigenvalue weighted by Crippen LogP contribution is -2.23. The number of nitrogens with one attached hydrogen (secondary N) is 1. The summed E-state index contributed by atoms with van der Waals surface area (Å²) in [6.07, 6.45) is 2.91. The van der Waals surface area contributed by atoms with Gasteiger partial charge in [-0.1, -0.05) is 13.0 Å². The van der Waals surface area contributed by atoms with Crippen molar-refractivity contribution in [1.29, 1.82) is 0 Å². The number of rotatable bonds is 6. The Morgan fingerprint density at radius 2 is 2.10 bits per heavy atom. The molecule has 5 heteroatoms. The molecule has 3 nitrogen and oxygen atoms in total. The molecule has 1 aromatic carbocycles. The lowest BCUT2D eigenvalue weighted by molar-refractivity contribution is 0.408. The smallest absolute Gasteiger partial charge is 0.131 e. The van der Waals surface area contributed by atoms with Crippen LogP contribution in [-0.2, 0) is 6.42 Å². The Hall–Kier alpha value is -1.46. The van der Waals surface area contributed by atoms with Crippen molar-refractivity contribution < 1.29 is 9.13 Å². The van der Waals surface area contributed by atoms with Crippen LogP contribution in [0.2, 0.25) is 0 Å². The van der Waals surface area contributed by atoms with Gasteiger partial charge in [0.25, 0.3) is 0 Å². The predicted octanol–water partition coefficient (Wildman–Crippen LogP) is 4.27. The molecule has 0 saturated heterocycles. The summed E-state index contributed by atoms with van der Waals surface area (Å²) in [6, 6.07) is 4.95. The zero-order valence-corrected chi connectivity index (χ0v) is 13.6. The van der Waals surface area contributed by atoms with Gasteiger partial charge in [-0.15, -0.1) is 11.3 Å². The Morgan fingerprint density at radius 1 is 1.33 bits per heavy atom. The van der Waals surface area contributed by atoms with Crippen molar-refractivity contribution in [3.63, 3.8) is 0 Å². The maximum absolute atomic E-state index is 14.1. The van der Waals surface area contributed by atoms with Crippen molar-refractivity contribution in [3.05, 3.63) is 45.7 Å². The van der Waals surface area contributed by atoms with Gasteiger partial charge in [-0.3, -0.25) is 0 Å². The minimum Gasteiger partial charge on any atom is -0.497 e. The van der Waals surface area contributed by atoms with Crippen molar-refractivity contribution in [2.75, 3.05) is 7.11 Å². The molecule has 2 aromatic rings. The minimum absolute atomic E-state index is 0.0896. The van der Waals surface area contributed by atoms with Crippen molar-refractivity contribution in [1.82, 2.24) is 10.3 Å². The summed E-state index contributed by atoms with van der Waals surface area (Å²) in [6.45, 7) is 6.12. The summed E-state index contributed by atoms with van der Waals surface area (Å²) < 4.78 is 19.1. The molecule has 0 bridgehead atoms. The standard InChI is InChI=1S/C16H21FN2OS/c1-5-13-9-18-16(21-13)11(3)19-10(2)14-7-6-12(20-4)8-15(14)17/h6-11,19H,5H2,1-4H3. The highest BCUT2D eigenvalue weighted by Gasteiger charge is 2.17. The van der Waals surface area contributed by atoms with Gasteiger partial charge < -0.3 is 10.1 Å². The van der Waals surface area contributed by atoms with Crippen molar-refractivity contribution in [2.24, 2.45) is 0 Å². The van der Waals surface area contributed by atoms with Gasteiger partial charge in [0.2, 0.25) is 0 Å². The highest BCUT2D eigenvalue weighted by Crippen LogP contribution is 2.26. The van der Waals surface area contributed by atoms with Crippen molar-refractivity contribution >= 4 is 11.3 Å². The molecule has 2 rings (SSSR count). The number of ether oxygens (including phenoxy) is 1. The molecule has 0 amide bonds. The lowest BCUT2D eigenvalue weighted by Gasteiger charge is -2.19. The second-order valence-corrected chi connectivity index (χ2v) is 6.16. The Bertz CT molecular complexity index is 600. The van der Waals surface area contributed by atoms with E-state index in [4.69, 9.17) is 4.74 Å². The maximum atomic E-state index is 14.1. The molecule has 0 radical (unpaired) electrons. The largest absolute Gasteiger partial charge is 0.497 e. The van der Waals surface area contributed by atoms with E-state index < -0.39 is 0 Å². The van der Waals surface area contributed by atoms with Gasteiger partial charge >= 0.3 is 0 Å². The van der Waals surface area contributed by atoms with Crippen LogP contribution in [0.1, 0.15) is 48.3 Å². The summed E-state index contributed by atoms with van der Waals surface area (Å²) in [5.74, 6) is 0.277. The van der Waals surface area contributed by atoms with Crippen LogP contribution in [0.4, 0.5) is 4.39 Å². The molecule has 0 aliphatic carbocycles. The molecule has 21 heavy (non-hydrogen) atoms. The number of aromatic nitrogens is 1. The first-order valence-corrected chi connectivity index (χ1v) is 7.90. The summed E-state index contributed by atoms with van der Waals surface area (Å²) in [4.78, 5) is 5.69. The monoisotopic (exact) mass is 308 g/mol. The number of aryl methyl sites for hydroxylation is 1. The van der Waals surface area contributed by atoms with E-state index >= 15 is 0 Å². The van der Waals surface area contributed by atoms with Crippen molar-refractivity contribution in [2.45, 2.75) is 39.3 Å². The molecule has 1 heterocycles. The van der Waals surface area contributed by atoms with E-state index in [2.05, 4.69) is 24.1 Å². The Labute approximate surface area is 129 Å². The zero-order chi connectivity index (χ0) is 15.4. The molecule has 0 aliphatic heterocycles. The highest BCUT2D eigenvalue weighted by atomic mass is 32.1. The van der Waals surface area contributed by atoms with Crippen molar-refractivity contribution in [3.8, 4) is 5.75 Å². The summed E-state index contributed by atoms with van der Waals surface area (Å²) in [7, 11) is 1.53. The summed E-state index contributed by atoms with van der Waals surface area (Å²) in [5, 5.41) is 4.43. The third kappa shape index (κ3) is 3.80. The number of hydrogen-bond acceptors (Lipinski definition) is 4. The van der Waals surface area contributed by atoms with Crippen LogP contribution < -0.4 is 10.1 Å². The zero-order valence-electron chi connectivity index (χ0n) is 12.8. The third-order valence-corrected chi connectivity index (χ3v) is 4.79. The van der Waals surface area contributed by atoms with E-state index in [1.807, 2.05) is 13.1 Å². The first-order chi connectivity index (χ1) is 10.0. The molecule has 0 spiro atoms. The Balaban J connectivity index is 2.08. The van der Waals surface area contributed by atoms with Gasteiger partial charge in [0.05, 0.1) is 13.2 Å². The average Bonchev–Trinajstić information content (AvgIpc) is 2.95. The van der Waals surface area contributed by atoms with Gasteiger partial charge in [-0.2, -0.15) is 0 Å². The molecule has 0 fully saturated rings. The molecule has 114 valence electrons. The van der Waals surface area contributed by atoms with Gasteiger partial charge in [0.15, 0.2) is 0 Å². The van der Waals surface area contributed by atoms with E-state index in [9.17, 15) is 4.39 Å². The fourth-order valence-corrected chi connectivity index (χ4v) is 3.08. The quantitative estimate of drug-likeness (QED) is 0.865. The first-order valence-electron chi connectivity index (χ1n) is 7.09. The van der Waals surface area contributed by atoms with Crippen LogP contribution in [0.25, 0.3) is 0 Å². The average molecular weight is 308 g/mol. The van der Waals surface area contributed by atoms with Crippen LogP contribution >= 0.6 is 11.3 Å². The fraction of sp³-hybridized carbons (Fsp3) is 0.438. The minimum atomic E-state index is -0.255. The number of halogens is 1. The summed E-state index contributed by atoms with van der Waals surface area (Å²) in [5.41, 5.74) is 0.634. The van der Waals surface area contributed by atoms with Gasteiger partial charge in [0, 0.05) is 28.7 Å². The van der Waals surface area contributed by atoms with Gasteiger partial charge in [-0.05, 0) is 26.3 Å². The third-order valence-electron chi connectivity index (χ3n) is 3.46. The SMILES string of the molecule is CCc1cnc(C(C)NC(C)c2ccc(OC)cc2F)s1. The molecular formula is C16H21FN2OS.